The molecule has 0 aromatic rings. The van der Waals surface area contributed by atoms with E-state index in [0.29, 0.717) is 6.04 Å². The number of morpholine rings is 1. The van der Waals surface area contributed by atoms with Gasteiger partial charge in [0.2, 0.25) is 0 Å². The lowest BCUT2D eigenvalue weighted by Gasteiger charge is -2.29. The molecule has 2 rings (SSSR count). The van der Waals surface area contributed by atoms with Crippen molar-refractivity contribution in [3.63, 3.8) is 0 Å². The van der Waals surface area contributed by atoms with Crippen molar-refractivity contribution in [3.8, 4) is 0 Å². The van der Waals surface area contributed by atoms with Crippen molar-refractivity contribution in [2.45, 2.75) is 19.4 Å². The normalized spacial score (nSPS) is 19.3. The molecule has 1 aliphatic heterocycles. The zero-order chi connectivity index (χ0) is 17.9. The van der Waals surface area contributed by atoms with Gasteiger partial charge in [-0.2, -0.15) is 0 Å². The van der Waals surface area contributed by atoms with Crippen molar-refractivity contribution in [2.24, 2.45) is 0 Å². The quantitative estimate of drug-likeness (QED) is 0.610. The van der Waals surface area contributed by atoms with Crippen molar-refractivity contribution < 1.29 is 9.47 Å². The predicted octanol–water partition coefficient (Wildman–Crippen LogP) is 1.80. The van der Waals surface area contributed by atoms with Crippen LogP contribution in [0.15, 0.2) is 41.3 Å². The van der Waals surface area contributed by atoms with Crippen molar-refractivity contribution in [3.05, 3.63) is 41.3 Å². The Labute approximate surface area is 152 Å². The summed E-state index contributed by atoms with van der Waals surface area (Å²) in [5.74, 6) is 0. The first-order valence-corrected chi connectivity index (χ1v) is 9.32. The molecule has 0 aromatic heterocycles. The van der Waals surface area contributed by atoms with Gasteiger partial charge in [0.25, 0.3) is 0 Å². The fraction of sp³-hybridized carbons (Fsp3) is 0.650. The highest BCUT2D eigenvalue weighted by atomic mass is 16.5. The van der Waals surface area contributed by atoms with Crippen LogP contribution in [0.4, 0.5) is 0 Å². The van der Waals surface area contributed by atoms with Crippen LogP contribution in [0.3, 0.4) is 0 Å². The van der Waals surface area contributed by atoms with Crippen LogP contribution in [0.2, 0.25) is 0 Å². The molecule has 140 valence electrons. The van der Waals surface area contributed by atoms with Crippen molar-refractivity contribution in [1.82, 2.24) is 15.1 Å². The van der Waals surface area contributed by atoms with Gasteiger partial charge in [-0.25, -0.2) is 0 Å². The molecule has 0 saturated carbocycles. The molecule has 0 spiro atoms. The van der Waals surface area contributed by atoms with Crippen LogP contribution in [0.1, 0.15) is 13.3 Å². The second-order valence-electron chi connectivity index (χ2n) is 6.46. The van der Waals surface area contributed by atoms with E-state index in [2.05, 4.69) is 52.1 Å². The SMILES string of the molecule is CCN(CC(CCOC)NC)C1=CC=C=C(CN2CCOCC2)C=C1. The van der Waals surface area contributed by atoms with E-state index in [-0.39, 0.29) is 0 Å². The van der Waals surface area contributed by atoms with Crippen molar-refractivity contribution in [1.29, 1.82) is 0 Å². The lowest BCUT2D eigenvalue weighted by Crippen LogP contribution is -2.39. The van der Waals surface area contributed by atoms with Crippen LogP contribution in [-0.2, 0) is 9.47 Å². The molecule has 1 unspecified atom stereocenters. The van der Waals surface area contributed by atoms with Gasteiger partial charge >= 0.3 is 0 Å². The Morgan fingerprint density at radius 3 is 2.84 bits per heavy atom. The van der Waals surface area contributed by atoms with Crippen LogP contribution in [-0.4, -0.2) is 82.5 Å². The van der Waals surface area contributed by atoms with Crippen LogP contribution in [0.5, 0.6) is 0 Å². The van der Waals surface area contributed by atoms with E-state index in [9.17, 15) is 0 Å². The van der Waals surface area contributed by atoms with Gasteiger partial charge in [-0.15, -0.1) is 5.73 Å². The second kappa shape index (κ2) is 11.3. The summed E-state index contributed by atoms with van der Waals surface area (Å²) in [6, 6.07) is 0.419. The van der Waals surface area contributed by atoms with Gasteiger partial charge in [0, 0.05) is 63.8 Å². The highest BCUT2D eigenvalue weighted by molar-refractivity contribution is 5.34. The van der Waals surface area contributed by atoms with Crippen LogP contribution < -0.4 is 5.32 Å². The molecule has 1 heterocycles. The fourth-order valence-electron chi connectivity index (χ4n) is 3.10. The summed E-state index contributed by atoms with van der Waals surface area (Å²) in [5, 5.41) is 3.40. The third kappa shape index (κ3) is 6.81. The Hall–Kier alpha value is -1.36. The summed E-state index contributed by atoms with van der Waals surface area (Å²) in [5.41, 5.74) is 5.89. The molecule has 1 saturated heterocycles. The molecule has 0 bridgehead atoms. The number of likely N-dealkylation sites (N-methyl/N-ethyl adjacent to an activating group) is 2. The maximum absolute atomic E-state index is 5.42. The van der Waals surface area contributed by atoms with Crippen LogP contribution in [0, 0.1) is 0 Å². The molecular weight excluding hydrogens is 314 g/mol. The zero-order valence-corrected chi connectivity index (χ0v) is 16.0. The maximum Gasteiger partial charge on any atom is 0.0594 e. The van der Waals surface area contributed by atoms with E-state index in [4.69, 9.17) is 9.47 Å². The minimum atomic E-state index is 0.419. The first-order valence-electron chi connectivity index (χ1n) is 9.32. The zero-order valence-electron chi connectivity index (χ0n) is 16.0. The molecule has 0 radical (unpaired) electrons. The van der Waals surface area contributed by atoms with Gasteiger partial charge in [0.1, 0.15) is 0 Å². The highest BCUT2D eigenvalue weighted by Crippen LogP contribution is 2.14. The number of hydrogen-bond acceptors (Lipinski definition) is 5. The number of nitrogens with zero attached hydrogens (tertiary/aromatic N) is 2. The number of allylic oxidation sites excluding steroid dienone is 2. The van der Waals surface area contributed by atoms with Gasteiger partial charge in [0.15, 0.2) is 0 Å². The Bertz CT molecular complexity index is 515. The molecule has 1 N–H and O–H groups in total. The van der Waals surface area contributed by atoms with Crippen molar-refractivity contribution in [2.75, 3.05) is 66.7 Å². The summed E-state index contributed by atoms with van der Waals surface area (Å²) in [6.07, 6.45) is 9.65. The summed E-state index contributed by atoms with van der Waals surface area (Å²) in [6.45, 7) is 9.55. The first kappa shape index (κ1) is 20.0. The lowest BCUT2D eigenvalue weighted by atomic mass is 10.1. The molecule has 2 aliphatic rings. The summed E-state index contributed by atoms with van der Waals surface area (Å²) < 4.78 is 10.6. The summed E-state index contributed by atoms with van der Waals surface area (Å²) in [7, 11) is 3.78. The molecule has 25 heavy (non-hydrogen) atoms. The minimum absolute atomic E-state index is 0.419. The Morgan fingerprint density at radius 1 is 1.36 bits per heavy atom. The van der Waals surface area contributed by atoms with Gasteiger partial charge in [-0.3, -0.25) is 4.90 Å². The van der Waals surface area contributed by atoms with Crippen molar-refractivity contribution >= 4 is 0 Å². The van der Waals surface area contributed by atoms with E-state index in [1.54, 1.807) is 7.11 Å². The van der Waals surface area contributed by atoms with Gasteiger partial charge < -0.3 is 19.7 Å². The number of methoxy groups -OCH3 is 1. The van der Waals surface area contributed by atoms with Gasteiger partial charge in [-0.1, -0.05) is 0 Å². The molecule has 0 amide bonds. The maximum atomic E-state index is 5.42. The Balaban J connectivity index is 1.92. The van der Waals surface area contributed by atoms with E-state index >= 15 is 0 Å². The molecule has 5 heteroatoms. The first-order chi connectivity index (χ1) is 12.3. The Kier molecular flexibility index (Phi) is 9.02. The minimum Gasteiger partial charge on any atom is -0.385 e. The third-order valence-electron chi connectivity index (χ3n) is 4.74. The molecular formula is C20H33N3O2. The smallest absolute Gasteiger partial charge is 0.0594 e. The van der Waals surface area contributed by atoms with Crippen LogP contribution >= 0.6 is 0 Å². The van der Waals surface area contributed by atoms with E-state index in [0.717, 1.165) is 59.0 Å². The fourth-order valence-corrected chi connectivity index (χ4v) is 3.10. The molecule has 1 atom stereocenters. The van der Waals surface area contributed by atoms with E-state index in [1.165, 1.54) is 11.3 Å². The number of nitrogens with one attached hydrogen (secondary N) is 1. The molecule has 0 aromatic carbocycles. The lowest BCUT2D eigenvalue weighted by molar-refractivity contribution is 0.0426. The van der Waals surface area contributed by atoms with E-state index < -0.39 is 0 Å². The highest BCUT2D eigenvalue weighted by Gasteiger charge is 2.14. The predicted molar refractivity (Wildman–Crippen MR) is 103 cm³/mol. The average molecular weight is 348 g/mol. The topological polar surface area (TPSA) is 37.0 Å². The van der Waals surface area contributed by atoms with Crippen LogP contribution in [0.25, 0.3) is 0 Å². The van der Waals surface area contributed by atoms with Gasteiger partial charge in [0.05, 0.1) is 13.2 Å². The average Bonchev–Trinajstić information content (AvgIpc) is 2.88. The Morgan fingerprint density at radius 2 is 2.16 bits per heavy atom. The third-order valence-corrected chi connectivity index (χ3v) is 4.74. The molecule has 1 fully saturated rings. The standard InChI is InChI=1S/C20H33N3O2/c1-4-23(17-19(21-2)10-13-24-3)20-7-5-6-18(8-9-20)16-22-11-14-25-15-12-22/h5,7-9,19,21H,4,10-17H2,1-3H3. The largest absolute Gasteiger partial charge is 0.385 e. The number of ether oxygens (including phenoxy) is 2. The number of rotatable bonds is 10. The van der Waals surface area contributed by atoms with E-state index in [1.807, 2.05) is 7.05 Å². The summed E-state index contributed by atoms with van der Waals surface area (Å²) in [4.78, 5) is 4.83. The summed E-state index contributed by atoms with van der Waals surface area (Å²) >= 11 is 0. The van der Waals surface area contributed by atoms with Gasteiger partial charge in [-0.05, 0) is 44.7 Å². The molecule has 5 nitrogen and oxygen atoms in total. The monoisotopic (exact) mass is 347 g/mol. The second-order valence-corrected chi connectivity index (χ2v) is 6.46. The number of hydrogen-bond donors (Lipinski definition) is 1. The molecule has 1 aliphatic carbocycles.